The number of benzene rings is 2. The number of aliphatic hydroxyl groups excluding tert-OH is 1. The van der Waals surface area contributed by atoms with Crippen LogP contribution in [-0.2, 0) is 4.84 Å². The lowest BCUT2D eigenvalue weighted by Crippen LogP contribution is -2.25. The van der Waals surface area contributed by atoms with Crippen molar-refractivity contribution in [2.75, 3.05) is 18.5 Å². The summed E-state index contributed by atoms with van der Waals surface area (Å²) in [4.78, 5) is 16.9. The molecule has 0 fully saturated rings. The van der Waals surface area contributed by atoms with Crippen LogP contribution in [0.25, 0.3) is 0 Å². The van der Waals surface area contributed by atoms with Crippen LogP contribution in [0.4, 0.5) is 24.5 Å². The van der Waals surface area contributed by atoms with E-state index in [0.717, 1.165) is 12.1 Å². The molecule has 0 saturated heterocycles. The summed E-state index contributed by atoms with van der Waals surface area (Å²) in [6.07, 6.45) is 0.289. The number of rotatable bonds is 7. The molecule has 5 nitrogen and oxygen atoms in total. The molecule has 1 amide bonds. The molecule has 2 rings (SSSR count). The average molecular weight is 466 g/mol. The van der Waals surface area contributed by atoms with Crippen molar-refractivity contribution < 1.29 is 27.9 Å². The number of hydroxylamine groups is 1. The van der Waals surface area contributed by atoms with Gasteiger partial charge in [0.1, 0.15) is 5.82 Å². The number of amides is 1. The van der Waals surface area contributed by atoms with E-state index in [1.807, 2.05) is 22.6 Å². The molecule has 0 spiro atoms. The number of nitrogens with one attached hydrogen (secondary N) is 2. The molecule has 2 aromatic carbocycles. The zero-order chi connectivity index (χ0) is 18.4. The average Bonchev–Trinajstić information content (AvgIpc) is 2.58. The molecule has 0 atom stereocenters. The van der Waals surface area contributed by atoms with Crippen LogP contribution < -0.4 is 10.8 Å². The molecule has 25 heavy (non-hydrogen) atoms. The Balaban J connectivity index is 2.29. The van der Waals surface area contributed by atoms with Crippen molar-refractivity contribution in [3.63, 3.8) is 0 Å². The number of hydrogen-bond donors (Lipinski definition) is 3. The maximum atomic E-state index is 14.1. The molecule has 0 aliphatic carbocycles. The summed E-state index contributed by atoms with van der Waals surface area (Å²) >= 11 is 1.90. The summed E-state index contributed by atoms with van der Waals surface area (Å²) in [6, 6.07) is 5.96. The smallest absolute Gasteiger partial charge is 0.277 e. The highest BCUT2D eigenvalue weighted by molar-refractivity contribution is 14.1. The molecule has 3 N–H and O–H groups in total. The van der Waals surface area contributed by atoms with Crippen molar-refractivity contribution in [1.82, 2.24) is 5.48 Å². The lowest BCUT2D eigenvalue weighted by Gasteiger charge is -2.14. The first-order chi connectivity index (χ1) is 11.9. The number of anilines is 2. The van der Waals surface area contributed by atoms with Gasteiger partial charge in [-0.15, -0.1) is 0 Å². The van der Waals surface area contributed by atoms with Crippen molar-refractivity contribution in [3.8, 4) is 0 Å². The molecule has 0 unspecified atom stereocenters. The lowest BCUT2D eigenvalue weighted by molar-refractivity contribution is 0.0262. The molecular weight excluding hydrogens is 452 g/mol. The molecule has 134 valence electrons. The lowest BCUT2D eigenvalue weighted by atomic mass is 10.1. The van der Waals surface area contributed by atoms with Gasteiger partial charge in [0.25, 0.3) is 5.91 Å². The number of carbonyl (C=O) groups excluding carboxylic acids is 1. The van der Waals surface area contributed by atoms with Crippen molar-refractivity contribution in [3.05, 3.63) is 56.9 Å². The number of halogens is 4. The number of aliphatic hydroxyl groups is 1. The summed E-state index contributed by atoms with van der Waals surface area (Å²) in [6.45, 7) is -0.0830. The molecule has 0 saturated carbocycles. The SMILES string of the molecule is O=C(NOCCCO)c1ccc(F)c(F)c1Nc1ccc(I)cc1F. The van der Waals surface area contributed by atoms with Crippen LogP contribution in [-0.4, -0.2) is 24.2 Å². The van der Waals surface area contributed by atoms with Gasteiger partial charge in [0.05, 0.1) is 23.5 Å². The molecule has 0 heterocycles. The van der Waals surface area contributed by atoms with E-state index in [2.05, 4.69) is 10.8 Å². The summed E-state index contributed by atoms with van der Waals surface area (Å²) in [5, 5.41) is 11.0. The highest BCUT2D eigenvalue weighted by atomic mass is 127. The first-order valence-corrected chi connectivity index (χ1v) is 8.25. The van der Waals surface area contributed by atoms with E-state index in [4.69, 9.17) is 9.94 Å². The van der Waals surface area contributed by atoms with E-state index in [-0.39, 0.29) is 30.9 Å². The zero-order valence-corrected chi connectivity index (χ0v) is 14.9. The fourth-order valence-electron chi connectivity index (χ4n) is 1.90. The number of hydrogen-bond acceptors (Lipinski definition) is 4. The van der Waals surface area contributed by atoms with E-state index in [9.17, 15) is 18.0 Å². The van der Waals surface area contributed by atoms with Gasteiger partial charge >= 0.3 is 0 Å². The van der Waals surface area contributed by atoms with Crippen molar-refractivity contribution >= 4 is 39.9 Å². The quantitative estimate of drug-likeness (QED) is 0.332. The number of carbonyl (C=O) groups is 1. The minimum atomic E-state index is -1.32. The standard InChI is InChI=1S/C16H14F3IN2O3/c17-11-4-3-10(16(24)22-25-7-1-6-23)15(14(11)19)21-13-5-2-9(20)8-12(13)18/h2-5,8,21,23H,1,6-7H2,(H,22,24). The van der Waals surface area contributed by atoms with Crippen molar-refractivity contribution in [2.45, 2.75) is 6.42 Å². The molecule has 0 aliphatic heterocycles. The predicted molar refractivity (Wildman–Crippen MR) is 93.9 cm³/mol. The second-order valence-electron chi connectivity index (χ2n) is 4.89. The molecule has 0 radical (unpaired) electrons. The Labute approximate surface area is 155 Å². The minimum absolute atomic E-state index is 0.0421. The molecule has 9 heteroatoms. The summed E-state index contributed by atoms with van der Waals surface area (Å²) in [5.41, 5.74) is 1.17. The zero-order valence-electron chi connectivity index (χ0n) is 12.8. The van der Waals surface area contributed by atoms with Crippen molar-refractivity contribution in [1.29, 1.82) is 0 Å². The van der Waals surface area contributed by atoms with Gasteiger partial charge in [-0.05, 0) is 59.3 Å². The fourth-order valence-corrected chi connectivity index (χ4v) is 2.35. The van der Waals surface area contributed by atoms with Crippen LogP contribution >= 0.6 is 22.6 Å². The van der Waals surface area contributed by atoms with Gasteiger partial charge in [-0.2, -0.15) is 0 Å². The van der Waals surface area contributed by atoms with Gasteiger partial charge in [0.2, 0.25) is 0 Å². The van der Waals surface area contributed by atoms with Crippen LogP contribution in [0.15, 0.2) is 30.3 Å². The van der Waals surface area contributed by atoms with Gasteiger partial charge in [-0.1, -0.05) is 0 Å². The van der Waals surface area contributed by atoms with Gasteiger partial charge < -0.3 is 10.4 Å². The van der Waals surface area contributed by atoms with Crippen molar-refractivity contribution in [2.24, 2.45) is 0 Å². The van der Waals surface area contributed by atoms with Gasteiger partial charge in [0.15, 0.2) is 11.6 Å². The van der Waals surface area contributed by atoms with Gasteiger partial charge in [-0.3, -0.25) is 9.63 Å². The Morgan fingerprint density at radius 3 is 2.60 bits per heavy atom. The highest BCUT2D eigenvalue weighted by Crippen LogP contribution is 2.28. The normalized spacial score (nSPS) is 10.6. The van der Waals surface area contributed by atoms with Gasteiger partial charge in [-0.25, -0.2) is 18.7 Å². The van der Waals surface area contributed by atoms with Crippen LogP contribution in [0.3, 0.4) is 0 Å². The third-order valence-corrected chi connectivity index (χ3v) is 3.77. The van der Waals surface area contributed by atoms with E-state index >= 15 is 0 Å². The fraction of sp³-hybridized carbons (Fsp3) is 0.188. The Morgan fingerprint density at radius 1 is 1.16 bits per heavy atom. The molecule has 2 aromatic rings. The first-order valence-electron chi connectivity index (χ1n) is 7.17. The minimum Gasteiger partial charge on any atom is -0.396 e. The van der Waals surface area contributed by atoms with Crippen LogP contribution in [0.5, 0.6) is 0 Å². The largest absolute Gasteiger partial charge is 0.396 e. The van der Waals surface area contributed by atoms with E-state index in [1.54, 1.807) is 6.07 Å². The van der Waals surface area contributed by atoms with Gasteiger partial charge in [0, 0.05) is 10.2 Å². The highest BCUT2D eigenvalue weighted by Gasteiger charge is 2.20. The topological polar surface area (TPSA) is 70.6 Å². The Bertz CT molecular complexity index is 775. The molecule has 0 bridgehead atoms. The maximum absolute atomic E-state index is 14.1. The Kier molecular flexibility index (Phi) is 7.02. The van der Waals surface area contributed by atoms with Crippen LogP contribution in [0, 0.1) is 21.0 Å². The van der Waals surface area contributed by atoms with E-state index in [0.29, 0.717) is 3.57 Å². The third-order valence-electron chi connectivity index (χ3n) is 3.10. The van der Waals surface area contributed by atoms with Crippen LogP contribution in [0.1, 0.15) is 16.8 Å². The summed E-state index contributed by atoms with van der Waals surface area (Å²) in [5.74, 6) is -4.03. The first kappa shape index (κ1) is 19.5. The predicted octanol–water partition coefficient (Wildman–Crippen LogP) is 3.50. The molecule has 0 aliphatic rings. The second kappa shape index (κ2) is 9.02. The Hall–Kier alpha value is -1.85. The van der Waals surface area contributed by atoms with E-state index < -0.39 is 29.0 Å². The maximum Gasteiger partial charge on any atom is 0.277 e. The summed E-state index contributed by atoms with van der Waals surface area (Å²) < 4.78 is 42.3. The molecule has 0 aromatic heterocycles. The third kappa shape index (κ3) is 5.06. The molecular formula is C16H14F3IN2O3. The van der Waals surface area contributed by atoms with E-state index in [1.165, 1.54) is 12.1 Å². The summed E-state index contributed by atoms with van der Waals surface area (Å²) in [7, 11) is 0. The Morgan fingerprint density at radius 2 is 1.92 bits per heavy atom. The monoisotopic (exact) mass is 466 g/mol. The second-order valence-corrected chi connectivity index (χ2v) is 6.14. The van der Waals surface area contributed by atoms with Crippen LogP contribution in [0.2, 0.25) is 0 Å².